The van der Waals surface area contributed by atoms with Crippen molar-refractivity contribution in [1.29, 1.82) is 0 Å². The molecular formula is C27H35NO6. The molecule has 1 amide bonds. The Kier molecular flexibility index (Phi) is 8.06. The molecule has 1 fully saturated rings. The van der Waals surface area contributed by atoms with Gasteiger partial charge >= 0.3 is 0 Å². The fraction of sp³-hybridized carbons (Fsp3) is 0.556. The Morgan fingerprint density at radius 2 is 1.97 bits per heavy atom. The third-order valence-electron chi connectivity index (χ3n) is 7.13. The van der Waals surface area contributed by atoms with E-state index in [1.807, 2.05) is 26.1 Å². The van der Waals surface area contributed by atoms with Gasteiger partial charge in [0.15, 0.2) is 11.2 Å². The van der Waals surface area contributed by atoms with E-state index in [-0.39, 0.29) is 35.7 Å². The summed E-state index contributed by atoms with van der Waals surface area (Å²) in [4.78, 5) is 28.7. The maximum atomic E-state index is 13.5. The van der Waals surface area contributed by atoms with Crippen molar-refractivity contribution < 1.29 is 23.8 Å². The summed E-state index contributed by atoms with van der Waals surface area (Å²) in [5, 5.41) is 9.99. The van der Waals surface area contributed by atoms with Gasteiger partial charge in [-0.1, -0.05) is 31.4 Å². The van der Waals surface area contributed by atoms with Gasteiger partial charge in [-0.2, -0.15) is 0 Å². The maximum absolute atomic E-state index is 13.5. The quantitative estimate of drug-likeness (QED) is 0.619. The number of likely N-dealkylation sites (N-methyl/N-ethyl adjacent to an activating group) is 1. The molecule has 1 N–H and O–H groups in total. The SMILES string of the molecule is CCO[C@@H]1OC(C(=O)N(C)C2CCCCC2)=C[C@H](c2coc3ccccc3c2=O)[C@H]1CCCO. The number of ether oxygens (including phenoxy) is 2. The molecule has 4 rings (SSSR count). The average Bonchev–Trinajstić information content (AvgIpc) is 2.88. The summed E-state index contributed by atoms with van der Waals surface area (Å²) in [5.74, 6) is -0.652. The number of hydrogen-bond donors (Lipinski definition) is 1. The molecule has 1 aromatic heterocycles. The van der Waals surface area contributed by atoms with Crippen LogP contribution >= 0.6 is 0 Å². The third-order valence-corrected chi connectivity index (χ3v) is 7.13. The normalized spacial score (nSPS) is 23.4. The molecule has 7 heteroatoms. The smallest absolute Gasteiger partial charge is 0.288 e. The van der Waals surface area contributed by atoms with Crippen LogP contribution in [0.2, 0.25) is 0 Å². The number of aliphatic hydroxyl groups is 1. The first-order chi connectivity index (χ1) is 16.5. The van der Waals surface area contributed by atoms with E-state index in [4.69, 9.17) is 13.9 Å². The zero-order valence-electron chi connectivity index (χ0n) is 20.1. The van der Waals surface area contributed by atoms with Crippen LogP contribution in [0.4, 0.5) is 0 Å². The van der Waals surface area contributed by atoms with E-state index in [0.717, 1.165) is 25.7 Å². The van der Waals surface area contributed by atoms with Crippen LogP contribution in [0, 0.1) is 5.92 Å². The Morgan fingerprint density at radius 3 is 2.71 bits per heavy atom. The number of carbonyl (C=O) groups excluding carboxylic acids is 1. The van der Waals surface area contributed by atoms with Crippen LogP contribution in [0.5, 0.6) is 0 Å². The van der Waals surface area contributed by atoms with Gasteiger partial charge in [0.2, 0.25) is 6.29 Å². The molecule has 184 valence electrons. The molecule has 2 heterocycles. The van der Waals surface area contributed by atoms with Crippen LogP contribution in [0.25, 0.3) is 11.0 Å². The molecule has 2 aromatic rings. The fourth-order valence-electron chi connectivity index (χ4n) is 5.25. The van der Waals surface area contributed by atoms with Gasteiger partial charge in [0, 0.05) is 43.7 Å². The Balaban J connectivity index is 1.75. The van der Waals surface area contributed by atoms with Gasteiger partial charge < -0.3 is 23.9 Å². The van der Waals surface area contributed by atoms with Crippen LogP contribution in [-0.4, -0.2) is 48.5 Å². The van der Waals surface area contributed by atoms with E-state index >= 15 is 0 Å². The van der Waals surface area contributed by atoms with Crippen molar-refractivity contribution in [2.24, 2.45) is 5.92 Å². The summed E-state index contributed by atoms with van der Waals surface area (Å²) < 4.78 is 17.9. The first-order valence-corrected chi connectivity index (χ1v) is 12.4. The minimum Gasteiger partial charge on any atom is -0.464 e. The van der Waals surface area contributed by atoms with E-state index < -0.39 is 12.2 Å². The second kappa shape index (κ2) is 11.2. The van der Waals surface area contributed by atoms with E-state index in [9.17, 15) is 14.7 Å². The first-order valence-electron chi connectivity index (χ1n) is 12.4. The largest absolute Gasteiger partial charge is 0.464 e. The average molecular weight is 470 g/mol. The third kappa shape index (κ3) is 5.05. The number of amides is 1. The first kappa shape index (κ1) is 24.5. The lowest BCUT2D eigenvalue weighted by molar-refractivity contribution is -0.171. The number of allylic oxidation sites excluding steroid dienone is 1. The molecule has 0 radical (unpaired) electrons. The second-order valence-electron chi connectivity index (χ2n) is 9.25. The van der Waals surface area contributed by atoms with Crippen molar-refractivity contribution in [2.45, 2.75) is 70.1 Å². The minimum atomic E-state index is -0.698. The van der Waals surface area contributed by atoms with Gasteiger partial charge in [0.05, 0.1) is 11.6 Å². The van der Waals surface area contributed by atoms with Crippen molar-refractivity contribution in [3.63, 3.8) is 0 Å². The second-order valence-corrected chi connectivity index (χ2v) is 9.25. The predicted octanol–water partition coefficient (Wildman–Crippen LogP) is 4.33. The van der Waals surface area contributed by atoms with Crippen molar-refractivity contribution in [3.8, 4) is 0 Å². The highest BCUT2D eigenvalue weighted by Gasteiger charge is 2.40. The summed E-state index contributed by atoms with van der Waals surface area (Å²) in [5.41, 5.74) is 0.871. The number of fused-ring (bicyclic) bond motifs is 1. The summed E-state index contributed by atoms with van der Waals surface area (Å²) >= 11 is 0. The van der Waals surface area contributed by atoms with Gasteiger partial charge in [-0.05, 0) is 50.8 Å². The molecule has 7 nitrogen and oxygen atoms in total. The zero-order valence-corrected chi connectivity index (χ0v) is 20.1. The number of nitrogens with zero attached hydrogens (tertiary/aromatic N) is 1. The van der Waals surface area contributed by atoms with E-state index in [2.05, 4.69) is 0 Å². The van der Waals surface area contributed by atoms with Gasteiger partial charge in [-0.3, -0.25) is 9.59 Å². The lowest BCUT2D eigenvalue weighted by Crippen LogP contribution is -2.43. The van der Waals surface area contributed by atoms with Crippen molar-refractivity contribution in [1.82, 2.24) is 4.90 Å². The van der Waals surface area contributed by atoms with E-state index in [0.29, 0.717) is 36.0 Å². The monoisotopic (exact) mass is 469 g/mol. The summed E-state index contributed by atoms with van der Waals surface area (Å²) in [6, 6.07) is 7.34. The van der Waals surface area contributed by atoms with Crippen LogP contribution < -0.4 is 5.43 Å². The van der Waals surface area contributed by atoms with E-state index in [1.54, 1.807) is 23.1 Å². The topological polar surface area (TPSA) is 89.2 Å². The van der Waals surface area contributed by atoms with Gasteiger partial charge in [-0.15, -0.1) is 0 Å². The molecule has 0 unspecified atom stereocenters. The Bertz CT molecular complexity index is 1070. The molecule has 1 aromatic carbocycles. The van der Waals surface area contributed by atoms with Crippen LogP contribution in [0.15, 0.2) is 51.6 Å². The number of benzene rings is 1. The van der Waals surface area contributed by atoms with Crippen LogP contribution in [0.1, 0.15) is 63.4 Å². The fourth-order valence-corrected chi connectivity index (χ4v) is 5.25. The molecule has 1 aliphatic carbocycles. The van der Waals surface area contributed by atoms with Gasteiger partial charge in [-0.25, -0.2) is 0 Å². The molecule has 0 bridgehead atoms. The number of carbonyl (C=O) groups is 1. The van der Waals surface area contributed by atoms with Gasteiger partial charge in [0.25, 0.3) is 5.91 Å². The Morgan fingerprint density at radius 1 is 1.21 bits per heavy atom. The number of rotatable bonds is 8. The molecule has 1 saturated carbocycles. The van der Waals surface area contributed by atoms with Crippen LogP contribution in [-0.2, 0) is 14.3 Å². The van der Waals surface area contributed by atoms with Gasteiger partial charge in [0.1, 0.15) is 5.58 Å². The van der Waals surface area contributed by atoms with Crippen molar-refractivity contribution >= 4 is 16.9 Å². The predicted molar refractivity (Wildman–Crippen MR) is 129 cm³/mol. The van der Waals surface area contributed by atoms with E-state index in [1.165, 1.54) is 12.7 Å². The lowest BCUT2D eigenvalue weighted by Gasteiger charge is -2.38. The van der Waals surface area contributed by atoms with Crippen molar-refractivity contribution in [3.05, 3.63) is 58.2 Å². The molecule has 1 aliphatic heterocycles. The minimum absolute atomic E-state index is 0.0221. The molecular weight excluding hydrogens is 434 g/mol. The number of hydrogen-bond acceptors (Lipinski definition) is 6. The maximum Gasteiger partial charge on any atom is 0.288 e. The highest BCUT2D eigenvalue weighted by atomic mass is 16.7. The molecule has 0 saturated heterocycles. The summed E-state index contributed by atoms with van der Waals surface area (Å²) in [6.07, 6.45) is 9.09. The Hall–Kier alpha value is -2.64. The molecule has 3 atom stereocenters. The lowest BCUT2D eigenvalue weighted by atomic mass is 9.80. The highest BCUT2D eigenvalue weighted by molar-refractivity contribution is 5.92. The zero-order chi connectivity index (χ0) is 24.1. The number of aliphatic hydroxyl groups excluding tert-OH is 1. The Labute approximate surface area is 200 Å². The highest BCUT2D eigenvalue weighted by Crippen LogP contribution is 2.39. The summed E-state index contributed by atoms with van der Waals surface area (Å²) in [6.45, 7) is 2.30. The van der Waals surface area contributed by atoms with Crippen LogP contribution in [0.3, 0.4) is 0 Å². The van der Waals surface area contributed by atoms with Crippen molar-refractivity contribution in [2.75, 3.05) is 20.3 Å². The molecule has 34 heavy (non-hydrogen) atoms. The standard InChI is InChI=1S/C27H35NO6/c1-3-32-27-19(13-9-15-29)21(22-17-33-23-14-8-7-12-20(23)25(22)30)16-24(34-27)26(31)28(2)18-10-5-4-6-11-18/h7-8,12,14,16-19,21,27,29H,3-6,9-11,13,15H2,1-2H3/t19-,21+,27-/m1/s1. The molecule has 0 spiro atoms. The number of para-hydroxylation sites is 1. The summed E-state index contributed by atoms with van der Waals surface area (Å²) in [7, 11) is 1.83. The molecule has 2 aliphatic rings.